The number of aryl methyl sites for hydroxylation is 1. The van der Waals surface area contributed by atoms with Gasteiger partial charge in [0.2, 0.25) is 0 Å². The lowest BCUT2D eigenvalue weighted by Gasteiger charge is -2.34. The number of benzene rings is 1. The molecule has 6 nitrogen and oxygen atoms in total. The molecule has 0 radical (unpaired) electrons. The average molecular weight is 392 g/mol. The molecule has 0 bridgehead atoms. The van der Waals surface area contributed by atoms with E-state index in [0.717, 1.165) is 41.5 Å². The van der Waals surface area contributed by atoms with Crippen molar-refractivity contribution in [2.45, 2.75) is 19.6 Å². The van der Waals surface area contributed by atoms with Crippen molar-refractivity contribution < 1.29 is 4.74 Å². The molecular formula is C21H21N5OS. The van der Waals surface area contributed by atoms with Crippen molar-refractivity contribution in [2.75, 3.05) is 24.6 Å². The topological polar surface area (TPSA) is 56.1 Å². The zero-order valence-corrected chi connectivity index (χ0v) is 16.5. The molecule has 4 heterocycles. The van der Waals surface area contributed by atoms with Gasteiger partial charge in [-0.15, -0.1) is 11.3 Å². The zero-order valence-electron chi connectivity index (χ0n) is 15.7. The van der Waals surface area contributed by atoms with E-state index in [0.29, 0.717) is 6.61 Å². The predicted octanol–water partition coefficient (Wildman–Crippen LogP) is 3.77. The first-order valence-electron chi connectivity index (χ1n) is 9.44. The van der Waals surface area contributed by atoms with Crippen molar-refractivity contribution in [1.29, 1.82) is 0 Å². The quantitative estimate of drug-likeness (QED) is 0.530. The summed E-state index contributed by atoms with van der Waals surface area (Å²) in [5.74, 6) is 1.81. The maximum atomic E-state index is 5.98. The lowest BCUT2D eigenvalue weighted by molar-refractivity contribution is 0.0272. The first-order chi connectivity index (χ1) is 13.8. The van der Waals surface area contributed by atoms with Crippen LogP contribution in [0, 0.1) is 6.92 Å². The normalized spacial score (nSPS) is 17.3. The van der Waals surface area contributed by atoms with Crippen LogP contribution in [0.5, 0.6) is 0 Å². The summed E-state index contributed by atoms with van der Waals surface area (Å²) in [5.41, 5.74) is 1.22. The Morgan fingerprint density at radius 2 is 2.07 bits per heavy atom. The minimum atomic E-state index is 0.0891. The number of nitrogens with zero attached hydrogens (tertiary/aromatic N) is 5. The van der Waals surface area contributed by atoms with Crippen LogP contribution in [0.4, 0.5) is 5.82 Å². The molecule has 1 fully saturated rings. The van der Waals surface area contributed by atoms with E-state index in [9.17, 15) is 0 Å². The van der Waals surface area contributed by atoms with Gasteiger partial charge in [-0.2, -0.15) is 5.10 Å². The fraction of sp³-hybridized carbons (Fsp3) is 0.286. The van der Waals surface area contributed by atoms with Gasteiger partial charge in [0.25, 0.3) is 0 Å². The fourth-order valence-corrected chi connectivity index (χ4v) is 4.71. The Morgan fingerprint density at radius 1 is 1.18 bits per heavy atom. The molecule has 1 aliphatic heterocycles. The minimum absolute atomic E-state index is 0.0891. The molecule has 5 rings (SSSR count). The maximum absolute atomic E-state index is 5.98. The SMILES string of the molecule is Cc1nc(N2CCOC(Cn3cccn3)C2)c2cc(-c3ccccc3)sc2n1. The summed E-state index contributed by atoms with van der Waals surface area (Å²) in [6, 6.07) is 14.6. The molecule has 28 heavy (non-hydrogen) atoms. The van der Waals surface area contributed by atoms with E-state index in [2.05, 4.69) is 40.3 Å². The van der Waals surface area contributed by atoms with Gasteiger partial charge >= 0.3 is 0 Å². The number of aromatic nitrogens is 4. The van der Waals surface area contributed by atoms with E-state index < -0.39 is 0 Å². The molecule has 0 saturated carbocycles. The van der Waals surface area contributed by atoms with Crippen molar-refractivity contribution in [1.82, 2.24) is 19.7 Å². The zero-order chi connectivity index (χ0) is 18.9. The summed E-state index contributed by atoms with van der Waals surface area (Å²) >= 11 is 1.72. The Labute approximate surface area is 167 Å². The Hall–Kier alpha value is -2.77. The summed E-state index contributed by atoms with van der Waals surface area (Å²) < 4.78 is 7.90. The van der Waals surface area contributed by atoms with Crippen LogP contribution in [0.2, 0.25) is 0 Å². The molecule has 1 aliphatic rings. The lowest BCUT2D eigenvalue weighted by atomic mass is 10.1. The molecule has 7 heteroatoms. The second-order valence-electron chi connectivity index (χ2n) is 6.96. The standard InChI is InChI=1S/C21H21N5OS/c1-15-23-20(25-10-11-27-17(13-25)14-26-9-5-8-22-26)18-12-19(28-21(18)24-15)16-6-3-2-4-7-16/h2-9,12,17H,10-11,13-14H2,1H3. The number of anilines is 1. The lowest BCUT2D eigenvalue weighted by Crippen LogP contribution is -2.44. The van der Waals surface area contributed by atoms with Gasteiger partial charge in [-0.25, -0.2) is 9.97 Å². The molecule has 4 aromatic rings. The number of fused-ring (bicyclic) bond motifs is 1. The molecular weight excluding hydrogens is 370 g/mol. The van der Waals surface area contributed by atoms with Crippen LogP contribution in [0.1, 0.15) is 5.82 Å². The summed E-state index contributed by atoms with van der Waals surface area (Å²) in [7, 11) is 0. The monoisotopic (exact) mass is 391 g/mol. The van der Waals surface area contributed by atoms with Gasteiger partial charge in [-0.1, -0.05) is 30.3 Å². The minimum Gasteiger partial charge on any atom is -0.373 e. The Bertz CT molecular complexity index is 1080. The highest BCUT2D eigenvalue weighted by Gasteiger charge is 2.25. The van der Waals surface area contributed by atoms with Crippen LogP contribution in [-0.2, 0) is 11.3 Å². The third kappa shape index (κ3) is 3.39. The summed E-state index contributed by atoms with van der Waals surface area (Å²) in [6.07, 6.45) is 3.86. The average Bonchev–Trinajstić information content (AvgIpc) is 3.38. The number of thiophene rings is 1. The number of ether oxygens (including phenoxy) is 1. The second-order valence-corrected chi connectivity index (χ2v) is 7.99. The third-order valence-electron chi connectivity index (χ3n) is 4.93. The van der Waals surface area contributed by atoms with Gasteiger partial charge in [-0.3, -0.25) is 4.68 Å². The van der Waals surface area contributed by atoms with Crippen molar-refractivity contribution in [3.8, 4) is 10.4 Å². The molecule has 1 saturated heterocycles. The van der Waals surface area contributed by atoms with Gasteiger partial charge in [-0.05, 0) is 24.6 Å². The molecule has 142 valence electrons. The fourth-order valence-electron chi connectivity index (χ4n) is 3.64. The first kappa shape index (κ1) is 17.3. The van der Waals surface area contributed by atoms with Gasteiger partial charge < -0.3 is 9.64 Å². The van der Waals surface area contributed by atoms with Gasteiger partial charge in [0.1, 0.15) is 16.5 Å². The van der Waals surface area contributed by atoms with Crippen LogP contribution >= 0.6 is 11.3 Å². The maximum Gasteiger partial charge on any atom is 0.141 e. The number of rotatable bonds is 4. The van der Waals surface area contributed by atoms with E-state index in [-0.39, 0.29) is 6.10 Å². The van der Waals surface area contributed by atoms with Crippen molar-refractivity contribution in [3.63, 3.8) is 0 Å². The van der Waals surface area contributed by atoms with Crippen LogP contribution in [0.25, 0.3) is 20.7 Å². The highest BCUT2D eigenvalue weighted by molar-refractivity contribution is 7.21. The largest absolute Gasteiger partial charge is 0.373 e. The summed E-state index contributed by atoms with van der Waals surface area (Å²) in [4.78, 5) is 14.1. The smallest absolute Gasteiger partial charge is 0.141 e. The van der Waals surface area contributed by atoms with Crippen LogP contribution in [-0.4, -0.2) is 45.5 Å². The van der Waals surface area contributed by atoms with E-state index >= 15 is 0 Å². The van der Waals surface area contributed by atoms with Crippen molar-refractivity contribution in [3.05, 3.63) is 60.7 Å². The first-order valence-corrected chi connectivity index (χ1v) is 10.3. The number of morpholine rings is 1. The molecule has 0 amide bonds. The van der Waals surface area contributed by atoms with Gasteiger partial charge in [0.15, 0.2) is 0 Å². The predicted molar refractivity (Wildman–Crippen MR) is 112 cm³/mol. The molecule has 1 atom stereocenters. The van der Waals surface area contributed by atoms with E-state index in [1.807, 2.05) is 29.9 Å². The Kier molecular flexibility index (Phi) is 4.54. The highest BCUT2D eigenvalue weighted by atomic mass is 32.1. The van der Waals surface area contributed by atoms with E-state index in [1.165, 1.54) is 10.4 Å². The third-order valence-corrected chi connectivity index (χ3v) is 6.01. The van der Waals surface area contributed by atoms with Crippen LogP contribution in [0.3, 0.4) is 0 Å². The molecule has 0 aliphatic carbocycles. The van der Waals surface area contributed by atoms with Crippen molar-refractivity contribution >= 4 is 27.4 Å². The summed E-state index contributed by atoms with van der Waals surface area (Å²) in [6.45, 7) is 5.02. The van der Waals surface area contributed by atoms with Gasteiger partial charge in [0.05, 0.1) is 24.6 Å². The van der Waals surface area contributed by atoms with E-state index in [4.69, 9.17) is 14.7 Å². The van der Waals surface area contributed by atoms with E-state index in [1.54, 1.807) is 17.5 Å². The number of hydrogen-bond donors (Lipinski definition) is 0. The molecule has 0 N–H and O–H groups in total. The van der Waals surface area contributed by atoms with Crippen molar-refractivity contribution in [2.24, 2.45) is 0 Å². The van der Waals surface area contributed by atoms with Crippen LogP contribution in [0.15, 0.2) is 54.9 Å². The van der Waals surface area contributed by atoms with Crippen LogP contribution < -0.4 is 4.90 Å². The second kappa shape index (κ2) is 7.33. The summed E-state index contributed by atoms with van der Waals surface area (Å²) in [5, 5.41) is 5.42. The molecule has 3 aromatic heterocycles. The molecule has 0 spiro atoms. The molecule has 1 aromatic carbocycles. The Morgan fingerprint density at radius 3 is 2.89 bits per heavy atom. The number of hydrogen-bond acceptors (Lipinski definition) is 6. The molecule has 1 unspecified atom stereocenters. The van der Waals surface area contributed by atoms with Gasteiger partial charge in [0, 0.05) is 30.4 Å². The Balaban J connectivity index is 1.48. The highest BCUT2D eigenvalue weighted by Crippen LogP contribution is 2.37.